The van der Waals surface area contributed by atoms with Gasteiger partial charge in [-0.05, 0) is 35.2 Å². The summed E-state index contributed by atoms with van der Waals surface area (Å²) in [6.45, 7) is 1.23. The number of benzene rings is 2. The van der Waals surface area contributed by atoms with Gasteiger partial charge < -0.3 is 14.9 Å². The molecule has 0 saturated heterocycles. The fraction of sp³-hybridized carbons (Fsp3) is 0.235. The van der Waals surface area contributed by atoms with E-state index in [1.165, 1.54) is 17.2 Å². The van der Waals surface area contributed by atoms with Crippen molar-refractivity contribution in [1.29, 1.82) is 0 Å². The maximum atomic E-state index is 9.43. The van der Waals surface area contributed by atoms with Gasteiger partial charge in [0, 0.05) is 12.3 Å². The van der Waals surface area contributed by atoms with Crippen LogP contribution < -0.4 is 0 Å². The molecular formula is C17H17NO3. The zero-order chi connectivity index (χ0) is 14.7. The second kappa shape index (κ2) is 5.97. The fourth-order valence-corrected chi connectivity index (χ4v) is 2.57. The van der Waals surface area contributed by atoms with Crippen LogP contribution in [0.4, 0.5) is 0 Å². The molecule has 108 valence electrons. The van der Waals surface area contributed by atoms with Crippen molar-refractivity contribution in [2.75, 3.05) is 13.2 Å². The van der Waals surface area contributed by atoms with Crippen LogP contribution in [0.1, 0.15) is 22.8 Å². The first-order valence-electron chi connectivity index (χ1n) is 6.94. The largest absolute Gasteiger partial charge is 0.508 e. The highest BCUT2D eigenvalue weighted by atomic mass is 16.5. The summed E-state index contributed by atoms with van der Waals surface area (Å²) in [7, 11) is 0. The number of ether oxygens (including phenoxy) is 1. The van der Waals surface area contributed by atoms with E-state index < -0.39 is 0 Å². The summed E-state index contributed by atoms with van der Waals surface area (Å²) in [6.07, 6.45) is 2.55. The van der Waals surface area contributed by atoms with E-state index in [0.717, 1.165) is 6.42 Å². The lowest BCUT2D eigenvalue weighted by atomic mass is 9.98. The zero-order valence-corrected chi connectivity index (χ0v) is 11.6. The summed E-state index contributed by atoms with van der Waals surface area (Å²) in [5.74, 6) is 0.0476. The van der Waals surface area contributed by atoms with E-state index >= 15 is 0 Å². The highest BCUT2D eigenvalue weighted by Gasteiger charge is 2.19. The molecule has 21 heavy (non-hydrogen) atoms. The van der Waals surface area contributed by atoms with Crippen LogP contribution in [0, 0.1) is 0 Å². The third-order valence-electron chi connectivity index (χ3n) is 3.53. The van der Waals surface area contributed by atoms with Crippen molar-refractivity contribution in [1.82, 2.24) is 0 Å². The molecule has 0 aromatic heterocycles. The number of phenols is 2. The number of aliphatic imine (C=N–C) groups is 1. The molecule has 1 unspecified atom stereocenters. The summed E-state index contributed by atoms with van der Waals surface area (Å²) in [6, 6.07) is 12.7. The third-order valence-corrected chi connectivity index (χ3v) is 3.53. The molecule has 0 spiro atoms. The maximum absolute atomic E-state index is 9.43. The van der Waals surface area contributed by atoms with Crippen LogP contribution in [-0.4, -0.2) is 29.6 Å². The Labute approximate surface area is 123 Å². The molecule has 2 aromatic carbocycles. The van der Waals surface area contributed by atoms with Crippen LogP contribution in [0.15, 0.2) is 47.5 Å². The molecule has 3 rings (SSSR count). The number of nitrogens with zero attached hydrogens (tertiary/aromatic N) is 1. The van der Waals surface area contributed by atoms with Crippen LogP contribution in [0.25, 0.3) is 0 Å². The number of fused-ring (bicyclic) bond motifs is 1. The van der Waals surface area contributed by atoms with Gasteiger partial charge >= 0.3 is 0 Å². The van der Waals surface area contributed by atoms with Crippen LogP contribution in [0.2, 0.25) is 0 Å². The van der Waals surface area contributed by atoms with Gasteiger partial charge in [0.25, 0.3) is 0 Å². The van der Waals surface area contributed by atoms with Gasteiger partial charge in [0.2, 0.25) is 0 Å². The Morgan fingerprint density at radius 2 is 1.90 bits per heavy atom. The molecule has 0 saturated carbocycles. The van der Waals surface area contributed by atoms with E-state index in [1.807, 2.05) is 12.1 Å². The molecule has 1 aliphatic heterocycles. The lowest BCUT2D eigenvalue weighted by molar-refractivity contribution is 0.0489. The lowest BCUT2D eigenvalue weighted by Gasteiger charge is -2.24. The van der Waals surface area contributed by atoms with E-state index in [0.29, 0.717) is 18.7 Å². The minimum atomic E-state index is -0.0305. The van der Waals surface area contributed by atoms with Crippen LogP contribution in [0.5, 0.6) is 11.5 Å². The van der Waals surface area contributed by atoms with Crippen molar-refractivity contribution in [3.63, 3.8) is 0 Å². The Morgan fingerprint density at radius 1 is 1.14 bits per heavy atom. The second-order valence-corrected chi connectivity index (χ2v) is 5.09. The Hall–Kier alpha value is -2.33. The molecule has 1 atom stereocenters. The Kier molecular flexibility index (Phi) is 3.88. The number of rotatable bonds is 3. The van der Waals surface area contributed by atoms with Crippen molar-refractivity contribution in [2.45, 2.75) is 12.5 Å². The minimum Gasteiger partial charge on any atom is -0.508 e. The van der Waals surface area contributed by atoms with Crippen LogP contribution in [0.3, 0.4) is 0 Å². The Balaban J connectivity index is 1.72. The van der Waals surface area contributed by atoms with Crippen molar-refractivity contribution in [2.24, 2.45) is 4.99 Å². The SMILES string of the molecule is Oc1cc(O)cc(C=NCC2OCCc3ccccc32)c1. The van der Waals surface area contributed by atoms with E-state index in [1.54, 1.807) is 18.3 Å². The summed E-state index contributed by atoms with van der Waals surface area (Å²) < 4.78 is 5.78. The first kappa shape index (κ1) is 13.6. The smallest absolute Gasteiger partial charge is 0.119 e. The van der Waals surface area contributed by atoms with E-state index in [4.69, 9.17) is 4.74 Å². The monoisotopic (exact) mass is 283 g/mol. The normalized spacial score (nSPS) is 17.8. The summed E-state index contributed by atoms with van der Waals surface area (Å²) in [5, 5.41) is 18.9. The fourth-order valence-electron chi connectivity index (χ4n) is 2.57. The first-order chi connectivity index (χ1) is 10.2. The first-order valence-corrected chi connectivity index (χ1v) is 6.94. The minimum absolute atomic E-state index is 0.0238. The van der Waals surface area contributed by atoms with E-state index in [9.17, 15) is 10.2 Å². The molecular weight excluding hydrogens is 266 g/mol. The molecule has 0 fully saturated rings. The average Bonchev–Trinajstić information content (AvgIpc) is 2.46. The number of hydrogen-bond donors (Lipinski definition) is 2. The molecule has 0 aliphatic carbocycles. The number of phenolic OH excluding ortho intramolecular Hbond substituents is 2. The average molecular weight is 283 g/mol. The standard InChI is InChI=1S/C17H17NO3/c19-14-7-12(8-15(20)9-14)10-18-11-17-16-4-2-1-3-13(16)5-6-21-17/h1-4,7-10,17,19-20H,5-6,11H2. The molecule has 2 N–H and O–H groups in total. The van der Waals surface area contributed by atoms with Gasteiger partial charge in [-0.2, -0.15) is 0 Å². The predicted molar refractivity (Wildman–Crippen MR) is 81.1 cm³/mol. The number of hydrogen-bond acceptors (Lipinski definition) is 4. The van der Waals surface area contributed by atoms with E-state index in [2.05, 4.69) is 17.1 Å². The zero-order valence-electron chi connectivity index (χ0n) is 11.6. The predicted octanol–water partition coefficient (Wildman–Crippen LogP) is 2.83. The molecule has 0 bridgehead atoms. The summed E-state index contributed by atoms with van der Waals surface area (Å²) >= 11 is 0. The molecule has 1 aliphatic rings. The molecule has 4 heteroatoms. The quantitative estimate of drug-likeness (QED) is 0.851. The van der Waals surface area contributed by atoms with Gasteiger partial charge in [-0.25, -0.2) is 0 Å². The van der Waals surface area contributed by atoms with E-state index in [-0.39, 0.29) is 17.6 Å². The molecule has 0 amide bonds. The van der Waals surface area contributed by atoms with Gasteiger partial charge in [0.15, 0.2) is 0 Å². The molecule has 1 heterocycles. The van der Waals surface area contributed by atoms with Gasteiger partial charge in [-0.3, -0.25) is 4.99 Å². The summed E-state index contributed by atoms with van der Waals surface area (Å²) in [4.78, 5) is 4.37. The van der Waals surface area contributed by atoms with Crippen molar-refractivity contribution >= 4 is 6.21 Å². The van der Waals surface area contributed by atoms with Crippen molar-refractivity contribution in [3.8, 4) is 11.5 Å². The van der Waals surface area contributed by atoms with Crippen LogP contribution >= 0.6 is 0 Å². The van der Waals surface area contributed by atoms with Crippen LogP contribution in [-0.2, 0) is 11.2 Å². The topological polar surface area (TPSA) is 62.0 Å². The second-order valence-electron chi connectivity index (χ2n) is 5.09. The highest BCUT2D eigenvalue weighted by molar-refractivity contribution is 5.81. The van der Waals surface area contributed by atoms with Gasteiger partial charge in [-0.1, -0.05) is 24.3 Å². The summed E-state index contributed by atoms with van der Waals surface area (Å²) in [5.41, 5.74) is 3.18. The Morgan fingerprint density at radius 3 is 2.71 bits per heavy atom. The Bertz CT molecular complexity index is 647. The third kappa shape index (κ3) is 3.23. The van der Waals surface area contributed by atoms with Gasteiger partial charge in [0.05, 0.1) is 13.2 Å². The van der Waals surface area contributed by atoms with Gasteiger partial charge in [-0.15, -0.1) is 0 Å². The van der Waals surface area contributed by atoms with Crippen molar-refractivity contribution < 1.29 is 14.9 Å². The highest BCUT2D eigenvalue weighted by Crippen LogP contribution is 2.27. The lowest BCUT2D eigenvalue weighted by Crippen LogP contribution is -2.18. The molecule has 2 aromatic rings. The van der Waals surface area contributed by atoms with Crippen molar-refractivity contribution in [3.05, 3.63) is 59.2 Å². The van der Waals surface area contributed by atoms with Gasteiger partial charge in [0.1, 0.15) is 17.6 Å². The number of aromatic hydroxyl groups is 2. The molecule has 4 nitrogen and oxygen atoms in total. The maximum Gasteiger partial charge on any atom is 0.119 e. The molecule has 0 radical (unpaired) electrons.